The average Bonchev–Trinajstić information content (AvgIpc) is 2.66. The first-order valence-corrected chi connectivity index (χ1v) is 6.92. The quantitative estimate of drug-likeness (QED) is 0.891. The van der Waals surface area contributed by atoms with Crippen molar-refractivity contribution in [2.45, 2.75) is 39.7 Å². The third-order valence-electron chi connectivity index (χ3n) is 3.96. The molecular formula is C14H25N3O. The summed E-state index contributed by atoms with van der Waals surface area (Å²) < 4.78 is 5.23. The minimum absolute atomic E-state index is 0.323. The van der Waals surface area contributed by atoms with Crippen LogP contribution < -0.4 is 5.32 Å². The van der Waals surface area contributed by atoms with E-state index < -0.39 is 0 Å². The van der Waals surface area contributed by atoms with Crippen LogP contribution in [-0.4, -0.2) is 36.7 Å². The maximum absolute atomic E-state index is 5.23. The number of likely N-dealkylation sites (tertiary alicyclic amines) is 1. The molecule has 0 radical (unpaired) electrons. The van der Waals surface area contributed by atoms with Gasteiger partial charge in [-0.2, -0.15) is 0 Å². The van der Waals surface area contributed by atoms with Gasteiger partial charge >= 0.3 is 0 Å². The van der Waals surface area contributed by atoms with Crippen LogP contribution in [0.25, 0.3) is 0 Å². The van der Waals surface area contributed by atoms with Crippen molar-refractivity contribution in [1.82, 2.24) is 15.4 Å². The average molecular weight is 251 g/mol. The Labute approximate surface area is 110 Å². The van der Waals surface area contributed by atoms with Crippen molar-refractivity contribution >= 4 is 0 Å². The molecule has 1 aliphatic rings. The van der Waals surface area contributed by atoms with Gasteiger partial charge in [0.2, 0.25) is 0 Å². The smallest absolute Gasteiger partial charge is 0.138 e. The molecule has 0 aliphatic carbocycles. The van der Waals surface area contributed by atoms with Gasteiger partial charge in [0.25, 0.3) is 0 Å². The molecule has 4 nitrogen and oxygen atoms in total. The number of nitrogens with zero attached hydrogens (tertiary/aromatic N) is 2. The summed E-state index contributed by atoms with van der Waals surface area (Å²) in [6.07, 6.45) is 2.66. The van der Waals surface area contributed by atoms with Gasteiger partial charge in [0.05, 0.1) is 5.69 Å². The molecular weight excluding hydrogens is 226 g/mol. The van der Waals surface area contributed by atoms with Crippen LogP contribution in [0.5, 0.6) is 0 Å². The Morgan fingerprint density at radius 3 is 2.89 bits per heavy atom. The summed E-state index contributed by atoms with van der Waals surface area (Å²) in [6, 6.07) is 0.323. The number of aryl methyl sites for hydroxylation is 2. The van der Waals surface area contributed by atoms with E-state index >= 15 is 0 Å². The molecule has 0 amide bonds. The largest absolute Gasteiger partial charge is 0.361 e. The fourth-order valence-corrected chi connectivity index (χ4v) is 2.99. The van der Waals surface area contributed by atoms with Gasteiger partial charge in [0.15, 0.2) is 0 Å². The van der Waals surface area contributed by atoms with Gasteiger partial charge in [-0.1, -0.05) is 5.16 Å². The number of piperidine rings is 1. The Morgan fingerprint density at radius 2 is 2.28 bits per heavy atom. The van der Waals surface area contributed by atoms with Gasteiger partial charge in [-0.3, -0.25) is 0 Å². The van der Waals surface area contributed by atoms with Crippen molar-refractivity contribution in [3.63, 3.8) is 0 Å². The fourth-order valence-electron chi connectivity index (χ4n) is 2.99. The van der Waals surface area contributed by atoms with Gasteiger partial charge in [-0.25, -0.2) is 0 Å². The maximum atomic E-state index is 5.23. The third-order valence-corrected chi connectivity index (χ3v) is 3.96. The second-order valence-electron chi connectivity index (χ2n) is 5.64. The zero-order chi connectivity index (χ0) is 13.1. The molecule has 1 fully saturated rings. The first kappa shape index (κ1) is 13.6. The Bertz CT molecular complexity index is 369. The van der Waals surface area contributed by atoms with E-state index in [1.54, 1.807) is 0 Å². The van der Waals surface area contributed by atoms with Crippen molar-refractivity contribution < 1.29 is 4.52 Å². The summed E-state index contributed by atoms with van der Waals surface area (Å²) in [6.45, 7) is 9.73. The molecule has 2 rings (SSSR count). The van der Waals surface area contributed by atoms with Crippen LogP contribution in [0, 0.1) is 19.8 Å². The van der Waals surface area contributed by atoms with Crippen LogP contribution in [-0.2, 0) is 0 Å². The lowest BCUT2D eigenvalue weighted by Crippen LogP contribution is -2.38. The molecule has 102 valence electrons. The van der Waals surface area contributed by atoms with Crippen LogP contribution in [0.3, 0.4) is 0 Å². The molecule has 1 N–H and O–H groups in total. The summed E-state index contributed by atoms with van der Waals surface area (Å²) in [7, 11) is 2.21. The highest BCUT2D eigenvalue weighted by molar-refractivity contribution is 5.24. The molecule has 1 aliphatic heterocycles. The zero-order valence-corrected chi connectivity index (χ0v) is 12.0. The molecule has 2 heterocycles. The van der Waals surface area contributed by atoms with Crippen LogP contribution in [0.15, 0.2) is 4.52 Å². The van der Waals surface area contributed by atoms with Gasteiger partial charge in [-0.15, -0.1) is 0 Å². The second-order valence-corrected chi connectivity index (χ2v) is 5.64. The molecule has 1 saturated heterocycles. The van der Waals surface area contributed by atoms with E-state index in [9.17, 15) is 0 Å². The molecule has 0 bridgehead atoms. The highest BCUT2D eigenvalue weighted by atomic mass is 16.5. The Hall–Kier alpha value is -0.870. The number of hydrogen-bond donors (Lipinski definition) is 1. The number of aromatic nitrogens is 1. The van der Waals surface area contributed by atoms with Crippen molar-refractivity contribution in [2.24, 2.45) is 5.92 Å². The van der Waals surface area contributed by atoms with Gasteiger partial charge in [0, 0.05) is 18.2 Å². The summed E-state index contributed by atoms with van der Waals surface area (Å²) in [5, 5.41) is 7.65. The van der Waals surface area contributed by atoms with E-state index in [1.165, 1.54) is 31.5 Å². The maximum Gasteiger partial charge on any atom is 0.138 e. The topological polar surface area (TPSA) is 41.3 Å². The lowest BCUT2D eigenvalue weighted by atomic mass is 9.97. The Kier molecular flexibility index (Phi) is 4.40. The number of rotatable bonds is 4. The van der Waals surface area contributed by atoms with Crippen molar-refractivity contribution in [3.8, 4) is 0 Å². The van der Waals surface area contributed by atoms with Gasteiger partial charge in [-0.05, 0) is 59.7 Å². The van der Waals surface area contributed by atoms with Crippen molar-refractivity contribution in [3.05, 3.63) is 17.0 Å². The molecule has 4 heteroatoms. The Balaban J connectivity index is 1.86. The number of nitrogens with one attached hydrogen (secondary N) is 1. The molecule has 2 atom stereocenters. The summed E-state index contributed by atoms with van der Waals surface area (Å²) in [4.78, 5) is 2.43. The molecule has 18 heavy (non-hydrogen) atoms. The summed E-state index contributed by atoms with van der Waals surface area (Å²) >= 11 is 0. The first-order chi connectivity index (χ1) is 8.58. The minimum Gasteiger partial charge on any atom is -0.361 e. The lowest BCUT2D eigenvalue weighted by molar-refractivity contribution is 0.203. The van der Waals surface area contributed by atoms with Gasteiger partial charge < -0.3 is 14.7 Å². The minimum atomic E-state index is 0.323. The van der Waals surface area contributed by atoms with E-state index in [2.05, 4.69) is 29.3 Å². The summed E-state index contributed by atoms with van der Waals surface area (Å²) in [5.41, 5.74) is 2.23. The highest BCUT2D eigenvalue weighted by Crippen LogP contribution is 2.22. The second kappa shape index (κ2) is 5.85. The fraction of sp³-hybridized carbons (Fsp3) is 0.786. The molecule has 0 spiro atoms. The summed E-state index contributed by atoms with van der Waals surface area (Å²) in [5.74, 6) is 1.71. The molecule has 0 aromatic carbocycles. The predicted molar refractivity (Wildman–Crippen MR) is 72.6 cm³/mol. The van der Waals surface area contributed by atoms with Crippen LogP contribution in [0.1, 0.15) is 42.8 Å². The van der Waals surface area contributed by atoms with E-state index in [1.807, 2.05) is 13.8 Å². The normalized spacial score (nSPS) is 23.2. The van der Waals surface area contributed by atoms with Gasteiger partial charge in [0.1, 0.15) is 5.76 Å². The van der Waals surface area contributed by atoms with Crippen molar-refractivity contribution in [1.29, 1.82) is 0 Å². The molecule has 1 aromatic rings. The molecule has 1 aromatic heterocycles. The molecule has 2 unspecified atom stereocenters. The van der Waals surface area contributed by atoms with E-state index in [0.717, 1.165) is 23.9 Å². The number of hydrogen-bond acceptors (Lipinski definition) is 4. The predicted octanol–water partition coefficient (Wildman–Crippen LogP) is 2.28. The first-order valence-electron chi connectivity index (χ1n) is 6.92. The Morgan fingerprint density at radius 1 is 1.50 bits per heavy atom. The standard InChI is InChI=1S/C14H25N3O/c1-10(14-11(2)16-18-12(14)3)15-8-13-6-5-7-17(4)9-13/h10,13,15H,5-9H2,1-4H3. The van der Waals surface area contributed by atoms with Crippen LogP contribution >= 0.6 is 0 Å². The SMILES string of the molecule is Cc1noc(C)c1C(C)NCC1CCCN(C)C1. The van der Waals surface area contributed by atoms with E-state index in [4.69, 9.17) is 4.52 Å². The highest BCUT2D eigenvalue weighted by Gasteiger charge is 2.20. The molecule has 0 saturated carbocycles. The zero-order valence-electron chi connectivity index (χ0n) is 12.0. The van der Waals surface area contributed by atoms with Crippen molar-refractivity contribution in [2.75, 3.05) is 26.7 Å². The van der Waals surface area contributed by atoms with Crippen LogP contribution in [0.4, 0.5) is 0 Å². The van der Waals surface area contributed by atoms with E-state index in [-0.39, 0.29) is 0 Å². The lowest BCUT2D eigenvalue weighted by Gasteiger charge is -2.30. The third kappa shape index (κ3) is 3.12. The van der Waals surface area contributed by atoms with Crippen LogP contribution in [0.2, 0.25) is 0 Å². The monoisotopic (exact) mass is 251 g/mol. The van der Waals surface area contributed by atoms with E-state index in [0.29, 0.717) is 6.04 Å².